The third kappa shape index (κ3) is 3.96. The number of nitrogens with zero attached hydrogens (tertiary/aromatic N) is 1. The fraction of sp³-hybridized carbons (Fsp3) is 0.444. The zero-order valence-corrected chi connectivity index (χ0v) is 13.3. The maximum absolute atomic E-state index is 9.57. The van der Waals surface area contributed by atoms with E-state index in [2.05, 4.69) is 48.9 Å². The number of hydrogen-bond donors (Lipinski definition) is 2. The quantitative estimate of drug-likeness (QED) is 0.821. The Hall–Kier alpha value is -1.58. The van der Waals surface area contributed by atoms with E-state index in [0.717, 1.165) is 19.5 Å². The highest BCUT2D eigenvalue weighted by Gasteiger charge is 2.11. The largest absolute Gasteiger partial charge is 0.395 e. The second kappa shape index (κ2) is 7.43. The Morgan fingerprint density at radius 1 is 1.19 bits per heavy atom. The number of benzene rings is 1. The van der Waals surface area contributed by atoms with Gasteiger partial charge in [0.1, 0.15) is 0 Å². The first kappa shape index (κ1) is 15.8. The molecule has 1 aromatic carbocycles. The van der Waals surface area contributed by atoms with Gasteiger partial charge in [0.2, 0.25) is 0 Å². The number of nitrogens with one attached hydrogen (secondary N) is 1. The molecule has 0 spiro atoms. The van der Waals surface area contributed by atoms with E-state index in [1.54, 1.807) is 0 Å². The summed E-state index contributed by atoms with van der Waals surface area (Å²) in [6.45, 7) is 8.44. The molecule has 3 nitrogen and oxygen atoms in total. The first-order valence-corrected chi connectivity index (χ1v) is 7.69. The van der Waals surface area contributed by atoms with Crippen LogP contribution in [0.25, 0.3) is 0 Å². The monoisotopic (exact) mass is 286 g/mol. The minimum atomic E-state index is 0.0945. The highest BCUT2D eigenvalue weighted by molar-refractivity contribution is 5.26. The summed E-state index contributed by atoms with van der Waals surface area (Å²) >= 11 is 0. The Labute approximate surface area is 127 Å². The molecule has 0 saturated carbocycles. The molecule has 1 aromatic heterocycles. The molecule has 0 aliphatic carbocycles. The Morgan fingerprint density at radius 2 is 1.90 bits per heavy atom. The molecule has 0 radical (unpaired) electrons. The molecule has 1 atom stereocenters. The minimum absolute atomic E-state index is 0.0945. The molecule has 0 aliphatic heterocycles. The van der Waals surface area contributed by atoms with Crippen molar-refractivity contribution in [2.24, 2.45) is 0 Å². The van der Waals surface area contributed by atoms with Crippen molar-refractivity contribution in [3.8, 4) is 0 Å². The molecule has 21 heavy (non-hydrogen) atoms. The van der Waals surface area contributed by atoms with Gasteiger partial charge in [-0.15, -0.1) is 0 Å². The predicted molar refractivity (Wildman–Crippen MR) is 87.4 cm³/mol. The molecule has 1 heterocycles. The summed E-state index contributed by atoms with van der Waals surface area (Å²) in [5.41, 5.74) is 5.19. The van der Waals surface area contributed by atoms with Gasteiger partial charge in [-0.05, 0) is 44.4 Å². The standard InChI is InChI=1S/C18H26N2O/c1-4-20-14(2)10-17(15(20)3)12-19-18(13-21)11-16-8-6-5-7-9-16/h5-10,18-19,21H,4,11-13H2,1-3H3/t18-/m1/s1. The van der Waals surface area contributed by atoms with Crippen LogP contribution in [0.5, 0.6) is 0 Å². The molecular weight excluding hydrogens is 260 g/mol. The molecule has 0 saturated heterocycles. The third-order valence-electron chi connectivity index (χ3n) is 4.12. The summed E-state index contributed by atoms with van der Waals surface area (Å²) in [7, 11) is 0. The van der Waals surface area contributed by atoms with E-state index in [1.807, 2.05) is 18.2 Å². The van der Waals surface area contributed by atoms with Gasteiger partial charge in [-0.2, -0.15) is 0 Å². The Bertz CT molecular complexity index is 560. The average Bonchev–Trinajstić information content (AvgIpc) is 2.78. The van der Waals surface area contributed by atoms with Crippen LogP contribution in [0.15, 0.2) is 36.4 Å². The van der Waals surface area contributed by atoms with E-state index in [9.17, 15) is 5.11 Å². The molecule has 0 fully saturated rings. The molecule has 3 heteroatoms. The predicted octanol–water partition coefficient (Wildman–Crippen LogP) is 2.82. The van der Waals surface area contributed by atoms with Gasteiger partial charge in [0.05, 0.1) is 6.61 Å². The van der Waals surface area contributed by atoms with E-state index >= 15 is 0 Å². The molecular formula is C18H26N2O. The van der Waals surface area contributed by atoms with Crippen molar-refractivity contribution in [3.63, 3.8) is 0 Å². The summed E-state index contributed by atoms with van der Waals surface area (Å²) in [6, 6.07) is 12.6. The summed E-state index contributed by atoms with van der Waals surface area (Å²) in [5.74, 6) is 0. The van der Waals surface area contributed by atoms with Crippen LogP contribution in [0.1, 0.15) is 29.4 Å². The molecule has 2 aromatic rings. The molecule has 0 bridgehead atoms. The van der Waals surface area contributed by atoms with Gasteiger partial charge in [0.25, 0.3) is 0 Å². The van der Waals surface area contributed by atoms with Crippen LogP contribution < -0.4 is 5.32 Å². The Kier molecular flexibility index (Phi) is 5.59. The second-order valence-corrected chi connectivity index (χ2v) is 5.59. The lowest BCUT2D eigenvalue weighted by Gasteiger charge is -2.16. The summed E-state index contributed by atoms with van der Waals surface area (Å²) < 4.78 is 2.32. The maximum atomic E-state index is 9.57. The van der Waals surface area contributed by atoms with Gasteiger partial charge < -0.3 is 15.0 Å². The highest BCUT2D eigenvalue weighted by atomic mass is 16.3. The van der Waals surface area contributed by atoms with Crippen molar-refractivity contribution in [3.05, 3.63) is 58.9 Å². The van der Waals surface area contributed by atoms with Gasteiger partial charge in [-0.3, -0.25) is 0 Å². The lowest BCUT2D eigenvalue weighted by atomic mass is 10.1. The smallest absolute Gasteiger partial charge is 0.0587 e. The van der Waals surface area contributed by atoms with Crippen LogP contribution in [0.3, 0.4) is 0 Å². The van der Waals surface area contributed by atoms with Crippen molar-refractivity contribution in [1.29, 1.82) is 0 Å². The lowest BCUT2D eigenvalue weighted by molar-refractivity contribution is 0.240. The van der Waals surface area contributed by atoms with Crippen LogP contribution in [0.4, 0.5) is 0 Å². The van der Waals surface area contributed by atoms with Gasteiger partial charge in [-0.1, -0.05) is 30.3 Å². The molecule has 2 N–H and O–H groups in total. The highest BCUT2D eigenvalue weighted by Crippen LogP contribution is 2.15. The zero-order chi connectivity index (χ0) is 15.2. The van der Waals surface area contributed by atoms with E-state index in [-0.39, 0.29) is 12.6 Å². The molecule has 0 aliphatic rings. The van der Waals surface area contributed by atoms with Crippen LogP contribution >= 0.6 is 0 Å². The maximum Gasteiger partial charge on any atom is 0.0587 e. The van der Waals surface area contributed by atoms with Crippen molar-refractivity contribution < 1.29 is 5.11 Å². The molecule has 2 rings (SSSR count). The van der Waals surface area contributed by atoms with E-state index < -0.39 is 0 Å². The number of aliphatic hydroxyl groups is 1. The van der Waals surface area contributed by atoms with E-state index in [0.29, 0.717) is 0 Å². The summed E-state index contributed by atoms with van der Waals surface area (Å²) in [4.78, 5) is 0. The topological polar surface area (TPSA) is 37.2 Å². The van der Waals surface area contributed by atoms with Gasteiger partial charge >= 0.3 is 0 Å². The fourth-order valence-electron chi connectivity index (χ4n) is 2.89. The lowest BCUT2D eigenvalue weighted by Crippen LogP contribution is -2.34. The SMILES string of the molecule is CCn1c(C)cc(CN[C@@H](CO)Cc2ccccc2)c1C. The van der Waals surface area contributed by atoms with Gasteiger partial charge in [0.15, 0.2) is 0 Å². The fourth-order valence-corrected chi connectivity index (χ4v) is 2.89. The Balaban J connectivity index is 1.97. The van der Waals surface area contributed by atoms with Gasteiger partial charge in [0, 0.05) is 30.5 Å². The zero-order valence-electron chi connectivity index (χ0n) is 13.3. The van der Waals surface area contributed by atoms with Crippen LogP contribution in [0, 0.1) is 13.8 Å². The van der Waals surface area contributed by atoms with E-state index in [1.165, 1.54) is 22.5 Å². The van der Waals surface area contributed by atoms with Crippen molar-refractivity contribution in [2.75, 3.05) is 6.61 Å². The van der Waals surface area contributed by atoms with Crippen molar-refractivity contribution in [1.82, 2.24) is 9.88 Å². The number of aromatic nitrogens is 1. The number of aryl methyl sites for hydroxylation is 1. The normalized spacial score (nSPS) is 12.6. The van der Waals surface area contributed by atoms with Gasteiger partial charge in [-0.25, -0.2) is 0 Å². The molecule has 0 amide bonds. The van der Waals surface area contributed by atoms with Crippen LogP contribution in [0.2, 0.25) is 0 Å². The number of rotatable bonds is 7. The summed E-state index contributed by atoms with van der Waals surface area (Å²) in [6.07, 6.45) is 0.851. The molecule has 0 unspecified atom stereocenters. The minimum Gasteiger partial charge on any atom is -0.395 e. The third-order valence-corrected chi connectivity index (χ3v) is 4.12. The first-order chi connectivity index (χ1) is 10.2. The molecule has 114 valence electrons. The van der Waals surface area contributed by atoms with Crippen LogP contribution in [-0.2, 0) is 19.5 Å². The number of aliphatic hydroxyl groups excluding tert-OH is 1. The van der Waals surface area contributed by atoms with Crippen molar-refractivity contribution in [2.45, 2.75) is 46.3 Å². The Morgan fingerprint density at radius 3 is 2.48 bits per heavy atom. The van der Waals surface area contributed by atoms with Crippen LogP contribution in [-0.4, -0.2) is 22.3 Å². The van der Waals surface area contributed by atoms with Crippen molar-refractivity contribution >= 4 is 0 Å². The summed E-state index contributed by atoms with van der Waals surface area (Å²) in [5, 5.41) is 13.0. The van der Waals surface area contributed by atoms with E-state index in [4.69, 9.17) is 0 Å². The first-order valence-electron chi connectivity index (χ1n) is 7.69. The average molecular weight is 286 g/mol. The second-order valence-electron chi connectivity index (χ2n) is 5.59. The number of hydrogen-bond acceptors (Lipinski definition) is 2.